The standard InChI is InChI=1S/C12H23N3O2/c1-2-3-8-10(15-12(13)17)11(16)14-9-6-4-5-7-9/h9-10H,2-8H2,1H3,(H,14,16)(H3,13,15,17)/t10-/m1/s1. The zero-order valence-corrected chi connectivity index (χ0v) is 10.5. The Morgan fingerprint density at radius 3 is 2.53 bits per heavy atom. The highest BCUT2D eigenvalue weighted by atomic mass is 16.2. The molecule has 5 heteroatoms. The summed E-state index contributed by atoms with van der Waals surface area (Å²) in [6.45, 7) is 2.05. The fourth-order valence-corrected chi connectivity index (χ4v) is 2.22. The third kappa shape index (κ3) is 5.06. The summed E-state index contributed by atoms with van der Waals surface area (Å²) in [6, 6.07) is -0.831. The molecule has 0 unspecified atom stereocenters. The van der Waals surface area contributed by atoms with Crippen molar-refractivity contribution >= 4 is 11.9 Å². The van der Waals surface area contributed by atoms with Gasteiger partial charge in [-0.05, 0) is 19.3 Å². The Labute approximate surface area is 103 Å². The molecule has 1 rings (SSSR count). The molecule has 98 valence electrons. The van der Waals surface area contributed by atoms with Gasteiger partial charge in [-0.15, -0.1) is 0 Å². The van der Waals surface area contributed by atoms with E-state index >= 15 is 0 Å². The fourth-order valence-electron chi connectivity index (χ4n) is 2.22. The SMILES string of the molecule is CCCC[C@@H](NC(N)=O)C(=O)NC1CCCC1. The number of hydrogen-bond donors (Lipinski definition) is 3. The Bertz CT molecular complexity index is 262. The summed E-state index contributed by atoms with van der Waals surface area (Å²) < 4.78 is 0. The zero-order chi connectivity index (χ0) is 12.7. The number of nitrogens with two attached hydrogens (primary N) is 1. The van der Waals surface area contributed by atoms with Gasteiger partial charge >= 0.3 is 6.03 Å². The van der Waals surface area contributed by atoms with Crippen LogP contribution in [0.15, 0.2) is 0 Å². The number of urea groups is 1. The summed E-state index contributed by atoms with van der Waals surface area (Å²) in [5.74, 6) is -0.0934. The van der Waals surface area contributed by atoms with Crippen LogP contribution in [0, 0.1) is 0 Å². The van der Waals surface area contributed by atoms with Gasteiger partial charge in [-0.2, -0.15) is 0 Å². The molecule has 0 heterocycles. The summed E-state index contributed by atoms with van der Waals surface area (Å²) in [5.41, 5.74) is 5.08. The highest BCUT2D eigenvalue weighted by Gasteiger charge is 2.23. The summed E-state index contributed by atoms with van der Waals surface area (Å²) >= 11 is 0. The van der Waals surface area contributed by atoms with E-state index in [1.807, 2.05) is 0 Å². The van der Waals surface area contributed by atoms with E-state index in [0.717, 1.165) is 25.7 Å². The number of unbranched alkanes of at least 4 members (excludes halogenated alkanes) is 1. The largest absolute Gasteiger partial charge is 0.352 e. The minimum absolute atomic E-state index is 0.0934. The number of primary amides is 1. The molecule has 1 saturated carbocycles. The minimum atomic E-state index is -0.632. The first kappa shape index (κ1) is 13.8. The molecule has 0 aromatic rings. The van der Waals surface area contributed by atoms with Crippen LogP contribution in [0.25, 0.3) is 0 Å². The molecule has 3 amide bonds. The second-order valence-corrected chi connectivity index (χ2v) is 4.69. The van der Waals surface area contributed by atoms with Crippen molar-refractivity contribution in [2.45, 2.75) is 64.0 Å². The molecule has 4 N–H and O–H groups in total. The predicted octanol–water partition coefficient (Wildman–Crippen LogP) is 1.27. The van der Waals surface area contributed by atoms with Crippen LogP contribution in [0.3, 0.4) is 0 Å². The number of amides is 3. The molecule has 1 fully saturated rings. The van der Waals surface area contributed by atoms with Gasteiger partial charge in [-0.1, -0.05) is 32.6 Å². The van der Waals surface area contributed by atoms with E-state index in [9.17, 15) is 9.59 Å². The van der Waals surface area contributed by atoms with Crippen LogP contribution < -0.4 is 16.4 Å². The van der Waals surface area contributed by atoms with Crippen LogP contribution in [0.5, 0.6) is 0 Å². The van der Waals surface area contributed by atoms with E-state index in [-0.39, 0.29) is 11.9 Å². The average molecular weight is 241 g/mol. The van der Waals surface area contributed by atoms with Crippen LogP contribution >= 0.6 is 0 Å². The number of hydrogen-bond acceptors (Lipinski definition) is 2. The molecule has 1 aliphatic carbocycles. The molecule has 0 radical (unpaired) electrons. The first-order valence-corrected chi connectivity index (χ1v) is 6.49. The van der Waals surface area contributed by atoms with Crippen LogP contribution in [-0.4, -0.2) is 24.0 Å². The number of nitrogens with one attached hydrogen (secondary N) is 2. The van der Waals surface area contributed by atoms with Gasteiger partial charge in [0.05, 0.1) is 0 Å². The number of carbonyl (C=O) groups excluding carboxylic acids is 2. The molecule has 0 aromatic carbocycles. The molecule has 0 aromatic heterocycles. The van der Waals surface area contributed by atoms with Crippen molar-refractivity contribution in [1.82, 2.24) is 10.6 Å². The van der Waals surface area contributed by atoms with Crippen LogP contribution in [-0.2, 0) is 4.79 Å². The summed E-state index contributed by atoms with van der Waals surface area (Å²) in [4.78, 5) is 22.8. The van der Waals surface area contributed by atoms with E-state index in [2.05, 4.69) is 17.6 Å². The van der Waals surface area contributed by atoms with Crippen LogP contribution in [0.1, 0.15) is 51.9 Å². The normalized spacial score (nSPS) is 17.7. The lowest BCUT2D eigenvalue weighted by Gasteiger charge is -2.20. The van der Waals surface area contributed by atoms with Gasteiger partial charge in [0.2, 0.25) is 5.91 Å². The highest BCUT2D eigenvalue weighted by Crippen LogP contribution is 2.17. The van der Waals surface area contributed by atoms with E-state index in [4.69, 9.17) is 5.73 Å². The number of carbonyl (C=O) groups is 2. The first-order chi connectivity index (χ1) is 8.13. The van der Waals surface area contributed by atoms with E-state index < -0.39 is 12.1 Å². The Morgan fingerprint density at radius 1 is 1.35 bits per heavy atom. The molecule has 1 aliphatic rings. The highest BCUT2D eigenvalue weighted by molar-refractivity contribution is 5.86. The van der Waals surface area contributed by atoms with Crippen LogP contribution in [0.2, 0.25) is 0 Å². The maximum atomic E-state index is 12.0. The molecular weight excluding hydrogens is 218 g/mol. The molecule has 0 bridgehead atoms. The lowest BCUT2D eigenvalue weighted by molar-refractivity contribution is -0.123. The lowest BCUT2D eigenvalue weighted by Crippen LogP contribution is -2.50. The Hall–Kier alpha value is -1.26. The van der Waals surface area contributed by atoms with Crippen molar-refractivity contribution in [3.63, 3.8) is 0 Å². The van der Waals surface area contributed by atoms with E-state index in [0.29, 0.717) is 6.42 Å². The fraction of sp³-hybridized carbons (Fsp3) is 0.833. The Balaban J connectivity index is 2.42. The van der Waals surface area contributed by atoms with Gasteiger partial charge in [-0.25, -0.2) is 4.79 Å². The maximum absolute atomic E-state index is 12.0. The van der Waals surface area contributed by atoms with Gasteiger partial charge in [0, 0.05) is 6.04 Å². The summed E-state index contributed by atoms with van der Waals surface area (Å²) in [5, 5.41) is 5.50. The molecule has 5 nitrogen and oxygen atoms in total. The number of rotatable bonds is 6. The Morgan fingerprint density at radius 2 is 2.00 bits per heavy atom. The van der Waals surface area contributed by atoms with Crippen LogP contribution in [0.4, 0.5) is 4.79 Å². The van der Waals surface area contributed by atoms with E-state index in [1.165, 1.54) is 12.8 Å². The van der Waals surface area contributed by atoms with Crippen molar-refractivity contribution in [3.8, 4) is 0 Å². The average Bonchev–Trinajstić information content (AvgIpc) is 2.76. The van der Waals surface area contributed by atoms with Crippen molar-refractivity contribution in [2.75, 3.05) is 0 Å². The molecule has 0 saturated heterocycles. The third-order valence-corrected chi connectivity index (χ3v) is 3.18. The van der Waals surface area contributed by atoms with Crippen molar-refractivity contribution < 1.29 is 9.59 Å². The van der Waals surface area contributed by atoms with Crippen molar-refractivity contribution in [2.24, 2.45) is 5.73 Å². The van der Waals surface area contributed by atoms with Gasteiger partial charge < -0.3 is 16.4 Å². The molecule has 0 spiro atoms. The summed E-state index contributed by atoms with van der Waals surface area (Å²) in [7, 11) is 0. The molecule has 1 atom stereocenters. The third-order valence-electron chi connectivity index (χ3n) is 3.18. The topological polar surface area (TPSA) is 84.2 Å². The molecular formula is C12H23N3O2. The Kier molecular flexibility index (Phi) is 5.80. The van der Waals surface area contributed by atoms with Gasteiger partial charge in [0.1, 0.15) is 6.04 Å². The van der Waals surface area contributed by atoms with Gasteiger partial charge in [0.25, 0.3) is 0 Å². The minimum Gasteiger partial charge on any atom is -0.352 e. The van der Waals surface area contributed by atoms with Gasteiger partial charge in [0.15, 0.2) is 0 Å². The quantitative estimate of drug-likeness (QED) is 0.654. The predicted molar refractivity (Wildman–Crippen MR) is 66.4 cm³/mol. The first-order valence-electron chi connectivity index (χ1n) is 6.49. The van der Waals surface area contributed by atoms with Crippen molar-refractivity contribution in [3.05, 3.63) is 0 Å². The van der Waals surface area contributed by atoms with Crippen molar-refractivity contribution in [1.29, 1.82) is 0 Å². The second-order valence-electron chi connectivity index (χ2n) is 4.69. The molecule has 0 aliphatic heterocycles. The van der Waals surface area contributed by atoms with Gasteiger partial charge in [-0.3, -0.25) is 4.79 Å². The smallest absolute Gasteiger partial charge is 0.312 e. The second kappa shape index (κ2) is 7.14. The monoisotopic (exact) mass is 241 g/mol. The summed E-state index contributed by atoms with van der Waals surface area (Å²) in [6.07, 6.45) is 6.99. The maximum Gasteiger partial charge on any atom is 0.312 e. The lowest BCUT2D eigenvalue weighted by atomic mass is 10.1. The molecule has 17 heavy (non-hydrogen) atoms. The zero-order valence-electron chi connectivity index (χ0n) is 10.5. The van der Waals surface area contributed by atoms with E-state index in [1.54, 1.807) is 0 Å².